The molecule has 1 N–H and O–H groups in total. The molecule has 2 unspecified atom stereocenters. The van der Waals surface area contributed by atoms with Gasteiger partial charge in [0.05, 0.1) is 19.3 Å². The molecule has 3 rings (SSSR count). The number of hydrogen-bond donors (Lipinski definition) is 1. The standard InChI is InChI=1S/C18H27NO2/c1-2-19-13-18(10-11-21-17(18)16-8-9-16)14-20-12-15-6-4-3-5-7-15/h3-7,16-17,19H,2,8-14H2,1H3. The summed E-state index contributed by atoms with van der Waals surface area (Å²) in [4.78, 5) is 0. The smallest absolute Gasteiger partial charge is 0.0717 e. The van der Waals surface area contributed by atoms with Crippen LogP contribution in [-0.2, 0) is 16.1 Å². The predicted molar refractivity (Wildman–Crippen MR) is 84.2 cm³/mol. The van der Waals surface area contributed by atoms with Crippen molar-refractivity contribution < 1.29 is 9.47 Å². The lowest BCUT2D eigenvalue weighted by molar-refractivity contribution is -0.0296. The summed E-state index contributed by atoms with van der Waals surface area (Å²) in [6.45, 7) is 6.58. The third-order valence-corrected chi connectivity index (χ3v) is 4.78. The summed E-state index contributed by atoms with van der Waals surface area (Å²) in [7, 11) is 0. The summed E-state index contributed by atoms with van der Waals surface area (Å²) >= 11 is 0. The Bertz CT molecular complexity index is 432. The molecule has 0 spiro atoms. The normalized spacial score (nSPS) is 28.9. The minimum atomic E-state index is 0.173. The van der Waals surface area contributed by atoms with Crippen LogP contribution in [-0.4, -0.2) is 32.4 Å². The van der Waals surface area contributed by atoms with Gasteiger partial charge in [-0.3, -0.25) is 0 Å². The number of rotatable bonds is 8. The Balaban J connectivity index is 1.59. The third kappa shape index (κ3) is 3.65. The molecule has 0 bridgehead atoms. The fourth-order valence-electron chi connectivity index (χ4n) is 3.46. The molecule has 1 saturated carbocycles. The number of benzene rings is 1. The lowest BCUT2D eigenvalue weighted by atomic mass is 9.79. The van der Waals surface area contributed by atoms with Crippen LogP contribution in [0.15, 0.2) is 30.3 Å². The van der Waals surface area contributed by atoms with Crippen LogP contribution in [0.2, 0.25) is 0 Å². The SMILES string of the molecule is CCNCC1(COCc2ccccc2)CCOC1C1CC1. The topological polar surface area (TPSA) is 30.5 Å². The highest BCUT2D eigenvalue weighted by molar-refractivity contribution is 5.13. The molecule has 1 aliphatic heterocycles. The van der Waals surface area contributed by atoms with Crippen molar-refractivity contribution in [2.45, 2.75) is 38.9 Å². The molecule has 1 heterocycles. The molecule has 0 radical (unpaired) electrons. The van der Waals surface area contributed by atoms with Crippen LogP contribution in [0.1, 0.15) is 31.7 Å². The van der Waals surface area contributed by atoms with Crippen molar-refractivity contribution in [3.63, 3.8) is 0 Å². The second-order valence-electron chi connectivity index (χ2n) is 6.50. The minimum absolute atomic E-state index is 0.173. The van der Waals surface area contributed by atoms with Crippen molar-refractivity contribution in [1.29, 1.82) is 0 Å². The van der Waals surface area contributed by atoms with Crippen molar-refractivity contribution in [3.05, 3.63) is 35.9 Å². The van der Waals surface area contributed by atoms with Crippen LogP contribution in [0.25, 0.3) is 0 Å². The van der Waals surface area contributed by atoms with Gasteiger partial charge in [0, 0.05) is 18.6 Å². The summed E-state index contributed by atoms with van der Waals surface area (Å²) < 4.78 is 12.2. The maximum atomic E-state index is 6.09. The van der Waals surface area contributed by atoms with Gasteiger partial charge in [-0.15, -0.1) is 0 Å². The van der Waals surface area contributed by atoms with Gasteiger partial charge in [-0.05, 0) is 37.3 Å². The van der Waals surface area contributed by atoms with Crippen molar-refractivity contribution >= 4 is 0 Å². The average Bonchev–Trinajstić information content (AvgIpc) is 3.28. The van der Waals surface area contributed by atoms with Crippen molar-refractivity contribution in [3.8, 4) is 0 Å². The second-order valence-corrected chi connectivity index (χ2v) is 6.50. The van der Waals surface area contributed by atoms with Crippen LogP contribution in [0, 0.1) is 11.3 Å². The monoisotopic (exact) mass is 289 g/mol. The maximum Gasteiger partial charge on any atom is 0.0717 e. The van der Waals surface area contributed by atoms with Crippen molar-refractivity contribution in [1.82, 2.24) is 5.32 Å². The molecule has 21 heavy (non-hydrogen) atoms. The van der Waals surface area contributed by atoms with Gasteiger partial charge in [-0.2, -0.15) is 0 Å². The number of hydrogen-bond acceptors (Lipinski definition) is 3. The molecule has 1 saturated heterocycles. The van der Waals surface area contributed by atoms with E-state index in [0.29, 0.717) is 12.7 Å². The lowest BCUT2D eigenvalue weighted by Crippen LogP contribution is -2.45. The van der Waals surface area contributed by atoms with E-state index in [1.54, 1.807) is 0 Å². The highest BCUT2D eigenvalue weighted by atomic mass is 16.5. The fourth-order valence-corrected chi connectivity index (χ4v) is 3.46. The average molecular weight is 289 g/mol. The molecule has 1 aromatic carbocycles. The molecule has 2 fully saturated rings. The molecule has 2 atom stereocenters. The Hall–Kier alpha value is -0.900. The fraction of sp³-hybridized carbons (Fsp3) is 0.667. The zero-order valence-corrected chi connectivity index (χ0v) is 13.0. The zero-order chi connectivity index (χ0) is 14.5. The summed E-state index contributed by atoms with van der Waals surface area (Å²) in [6, 6.07) is 10.4. The van der Waals surface area contributed by atoms with Crippen LogP contribution in [0.3, 0.4) is 0 Å². The van der Waals surface area contributed by atoms with E-state index in [1.165, 1.54) is 18.4 Å². The van der Waals surface area contributed by atoms with Gasteiger partial charge in [0.2, 0.25) is 0 Å². The molecule has 116 valence electrons. The highest BCUT2D eigenvalue weighted by Crippen LogP contribution is 2.47. The van der Waals surface area contributed by atoms with E-state index in [4.69, 9.17) is 9.47 Å². The highest BCUT2D eigenvalue weighted by Gasteiger charge is 2.50. The number of nitrogens with one attached hydrogen (secondary N) is 1. The van der Waals surface area contributed by atoms with E-state index in [9.17, 15) is 0 Å². The molecule has 3 nitrogen and oxygen atoms in total. The number of ether oxygens (including phenoxy) is 2. The molecule has 0 amide bonds. The Morgan fingerprint density at radius 3 is 2.81 bits per heavy atom. The first-order valence-electron chi connectivity index (χ1n) is 8.28. The Morgan fingerprint density at radius 2 is 2.10 bits per heavy atom. The molecule has 2 aliphatic rings. The van der Waals surface area contributed by atoms with E-state index in [1.807, 2.05) is 6.07 Å². The molecular formula is C18H27NO2. The minimum Gasteiger partial charge on any atom is -0.377 e. The third-order valence-electron chi connectivity index (χ3n) is 4.78. The molecule has 1 aliphatic carbocycles. The molecule has 0 aromatic heterocycles. The van der Waals surface area contributed by atoms with Crippen LogP contribution in [0.5, 0.6) is 0 Å². The first-order chi connectivity index (χ1) is 10.3. The predicted octanol–water partition coefficient (Wildman–Crippen LogP) is 3.00. The van der Waals surface area contributed by atoms with Crippen molar-refractivity contribution in [2.75, 3.05) is 26.3 Å². The van der Waals surface area contributed by atoms with Gasteiger partial charge in [-0.25, -0.2) is 0 Å². The Kier molecular flexibility index (Phi) is 4.94. The Morgan fingerprint density at radius 1 is 1.29 bits per heavy atom. The lowest BCUT2D eigenvalue weighted by Gasteiger charge is -2.34. The van der Waals surface area contributed by atoms with Gasteiger partial charge in [-0.1, -0.05) is 37.3 Å². The van der Waals surface area contributed by atoms with Crippen LogP contribution in [0.4, 0.5) is 0 Å². The zero-order valence-electron chi connectivity index (χ0n) is 13.0. The van der Waals surface area contributed by atoms with E-state index in [2.05, 4.69) is 36.5 Å². The first kappa shape index (κ1) is 15.0. The van der Waals surface area contributed by atoms with Gasteiger partial charge in [0.15, 0.2) is 0 Å². The second kappa shape index (κ2) is 6.91. The van der Waals surface area contributed by atoms with Crippen LogP contribution < -0.4 is 5.32 Å². The first-order valence-corrected chi connectivity index (χ1v) is 8.28. The maximum absolute atomic E-state index is 6.09. The van der Waals surface area contributed by atoms with Crippen molar-refractivity contribution in [2.24, 2.45) is 11.3 Å². The summed E-state index contributed by atoms with van der Waals surface area (Å²) in [5, 5.41) is 3.53. The van der Waals surface area contributed by atoms with E-state index >= 15 is 0 Å². The summed E-state index contributed by atoms with van der Waals surface area (Å²) in [5.74, 6) is 0.770. The van der Waals surface area contributed by atoms with E-state index in [0.717, 1.165) is 38.6 Å². The van der Waals surface area contributed by atoms with Gasteiger partial charge in [0.25, 0.3) is 0 Å². The molecule has 1 aromatic rings. The summed E-state index contributed by atoms with van der Waals surface area (Å²) in [5.41, 5.74) is 1.42. The van der Waals surface area contributed by atoms with E-state index < -0.39 is 0 Å². The van der Waals surface area contributed by atoms with E-state index in [-0.39, 0.29) is 5.41 Å². The molecule has 3 heteroatoms. The summed E-state index contributed by atoms with van der Waals surface area (Å²) in [6.07, 6.45) is 4.18. The van der Waals surface area contributed by atoms with Gasteiger partial charge >= 0.3 is 0 Å². The largest absolute Gasteiger partial charge is 0.377 e. The molecular weight excluding hydrogens is 262 g/mol. The van der Waals surface area contributed by atoms with Gasteiger partial charge in [0.1, 0.15) is 0 Å². The Labute approximate surface area is 128 Å². The van der Waals surface area contributed by atoms with Crippen LogP contribution >= 0.6 is 0 Å². The quantitative estimate of drug-likeness (QED) is 0.798. The van der Waals surface area contributed by atoms with Gasteiger partial charge < -0.3 is 14.8 Å².